The van der Waals surface area contributed by atoms with E-state index in [4.69, 9.17) is 4.74 Å². The van der Waals surface area contributed by atoms with E-state index in [1.165, 1.54) is 12.1 Å². The molecule has 6 nitrogen and oxygen atoms in total. The van der Waals surface area contributed by atoms with E-state index in [-0.39, 0.29) is 23.7 Å². The van der Waals surface area contributed by atoms with Crippen LogP contribution in [0.15, 0.2) is 30.5 Å². The highest BCUT2D eigenvalue weighted by molar-refractivity contribution is 5.95. The largest absolute Gasteiger partial charge is 0.389 e. The first-order valence-corrected chi connectivity index (χ1v) is 8.91. The highest BCUT2D eigenvalue weighted by Gasteiger charge is 2.43. The van der Waals surface area contributed by atoms with Gasteiger partial charge in [0.05, 0.1) is 29.7 Å². The highest BCUT2D eigenvalue weighted by Crippen LogP contribution is 2.36. The van der Waals surface area contributed by atoms with E-state index in [1.54, 1.807) is 18.3 Å². The number of H-pyrrole nitrogens is 1. The zero-order chi connectivity index (χ0) is 18.1. The van der Waals surface area contributed by atoms with Gasteiger partial charge in [-0.05, 0) is 37.0 Å². The molecule has 138 valence electrons. The predicted octanol–water partition coefficient (Wildman–Crippen LogP) is 1.92. The zero-order valence-corrected chi connectivity index (χ0v) is 14.4. The Labute approximate surface area is 150 Å². The molecule has 0 bridgehead atoms. The van der Waals surface area contributed by atoms with Crippen LogP contribution in [0.25, 0.3) is 0 Å². The highest BCUT2D eigenvalue weighted by atomic mass is 19.1. The van der Waals surface area contributed by atoms with Crippen molar-refractivity contribution in [1.29, 1.82) is 0 Å². The Morgan fingerprint density at radius 3 is 3.04 bits per heavy atom. The summed E-state index contributed by atoms with van der Waals surface area (Å²) < 4.78 is 18.7. The summed E-state index contributed by atoms with van der Waals surface area (Å²) in [5.41, 5.74) is 1.22. The second-order valence-electron chi connectivity index (χ2n) is 7.37. The standard InChI is InChI=1S/C19H22FN3O3/c20-14-3-1-2-12(6-14)7-19(25)8-15(9-19)22-18(24)16-10-21-23-17(16)13-4-5-26-11-13/h1-3,6,10,13,15,25H,4-5,7-9,11H2,(H,21,23)(H,22,24). The van der Waals surface area contributed by atoms with E-state index in [2.05, 4.69) is 15.5 Å². The molecular weight excluding hydrogens is 337 g/mol. The molecule has 1 aromatic heterocycles. The summed E-state index contributed by atoms with van der Waals surface area (Å²) in [5, 5.41) is 20.5. The van der Waals surface area contributed by atoms with Crippen molar-refractivity contribution in [3.05, 3.63) is 53.1 Å². The summed E-state index contributed by atoms with van der Waals surface area (Å²) in [6, 6.07) is 6.16. The van der Waals surface area contributed by atoms with Gasteiger partial charge < -0.3 is 15.2 Å². The molecule has 1 saturated heterocycles. The van der Waals surface area contributed by atoms with Gasteiger partial charge in [0.1, 0.15) is 5.82 Å². The van der Waals surface area contributed by atoms with Crippen LogP contribution in [0.2, 0.25) is 0 Å². The fourth-order valence-electron chi connectivity index (χ4n) is 3.94. The maximum atomic E-state index is 13.3. The molecule has 3 N–H and O–H groups in total. The number of aromatic nitrogens is 2. The Morgan fingerprint density at radius 1 is 1.46 bits per heavy atom. The van der Waals surface area contributed by atoms with Crippen molar-refractivity contribution in [3.63, 3.8) is 0 Å². The summed E-state index contributed by atoms with van der Waals surface area (Å²) in [6.45, 7) is 1.29. The van der Waals surface area contributed by atoms with Crippen LogP contribution >= 0.6 is 0 Å². The van der Waals surface area contributed by atoms with Crippen molar-refractivity contribution in [2.75, 3.05) is 13.2 Å². The van der Waals surface area contributed by atoms with Crippen LogP contribution in [0.5, 0.6) is 0 Å². The SMILES string of the molecule is O=C(NC1CC(O)(Cc2cccc(F)c2)C1)c1cn[nH]c1C1CCOC1. The number of hydrogen-bond acceptors (Lipinski definition) is 4. The lowest BCUT2D eigenvalue weighted by atomic mass is 9.72. The molecule has 2 aliphatic rings. The van der Waals surface area contributed by atoms with Gasteiger partial charge in [-0.3, -0.25) is 9.89 Å². The van der Waals surface area contributed by atoms with Crippen molar-refractivity contribution in [2.24, 2.45) is 0 Å². The third kappa shape index (κ3) is 3.50. The van der Waals surface area contributed by atoms with Crippen LogP contribution in [0, 0.1) is 5.82 Å². The molecule has 1 unspecified atom stereocenters. The lowest BCUT2D eigenvalue weighted by molar-refractivity contribution is -0.0527. The molecule has 2 fully saturated rings. The Bertz CT molecular complexity index is 795. The van der Waals surface area contributed by atoms with Gasteiger partial charge in [-0.25, -0.2) is 4.39 Å². The lowest BCUT2D eigenvalue weighted by Gasteiger charge is -2.44. The molecule has 7 heteroatoms. The monoisotopic (exact) mass is 359 g/mol. The van der Waals surface area contributed by atoms with Gasteiger partial charge in [-0.2, -0.15) is 5.10 Å². The van der Waals surface area contributed by atoms with Crippen LogP contribution in [0.3, 0.4) is 0 Å². The first kappa shape index (κ1) is 17.2. The van der Waals surface area contributed by atoms with Gasteiger partial charge in [0, 0.05) is 25.0 Å². The number of carbonyl (C=O) groups is 1. The third-order valence-corrected chi connectivity index (χ3v) is 5.26. The summed E-state index contributed by atoms with van der Waals surface area (Å²) in [4.78, 5) is 12.6. The minimum Gasteiger partial charge on any atom is -0.389 e. The van der Waals surface area contributed by atoms with Gasteiger partial charge in [0.2, 0.25) is 0 Å². The summed E-state index contributed by atoms with van der Waals surface area (Å²) in [6.07, 6.45) is 3.71. The van der Waals surface area contributed by atoms with Crippen LogP contribution < -0.4 is 5.32 Å². The van der Waals surface area contributed by atoms with Crippen LogP contribution in [0.4, 0.5) is 4.39 Å². The second kappa shape index (κ2) is 6.81. The minimum absolute atomic E-state index is 0.0939. The molecular formula is C19H22FN3O3. The number of rotatable bonds is 5. The Morgan fingerprint density at radius 2 is 2.31 bits per heavy atom. The molecule has 0 radical (unpaired) electrons. The van der Waals surface area contributed by atoms with Crippen molar-refractivity contribution in [2.45, 2.75) is 43.2 Å². The van der Waals surface area contributed by atoms with Crippen molar-refractivity contribution in [1.82, 2.24) is 15.5 Å². The summed E-state index contributed by atoms with van der Waals surface area (Å²) in [5.74, 6) is -0.318. The molecule has 1 aliphatic carbocycles. The number of ether oxygens (including phenoxy) is 1. The number of aromatic amines is 1. The first-order valence-electron chi connectivity index (χ1n) is 8.91. The molecule has 1 amide bonds. The fraction of sp³-hybridized carbons (Fsp3) is 0.474. The fourth-order valence-corrected chi connectivity index (χ4v) is 3.94. The summed E-state index contributed by atoms with van der Waals surface area (Å²) >= 11 is 0. The molecule has 2 heterocycles. The predicted molar refractivity (Wildman–Crippen MR) is 92.3 cm³/mol. The average molecular weight is 359 g/mol. The number of hydrogen-bond donors (Lipinski definition) is 3. The molecule has 26 heavy (non-hydrogen) atoms. The normalized spacial score (nSPS) is 27.9. The van der Waals surface area contributed by atoms with Crippen molar-refractivity contribution >= 4 is 5.91 Å². The summed E-state index contributed by atoms with van der Waals surface area (Å²) in [7, 11) is 0. The van der Waals surface area contributed by atoms with E-state index in [0.29, 0.717) is 38.0 Å². The lowest BCUT2D eigenvalue weighted by Crippen LogP contribution is -2.56. The number of amides is 1. The molecule has 1 aliphatic heterocycles. The molecule has 4 rings (SSSR count). The number of nitrogens with one attached hydrogen (secondary N) is 2. The Balaban J connectivity index is 1.34. The van der Waals surface area contributed by atoms with E-state index >= 15 is 0 Å². The number of carbonyl (C=O) groups excluding carboxylic acids is 1. The maximum Gasteiger partial charge on any atom is 0.254 e. The number of aliphatic hydroxyl groups is 1. The van der Waals surface area contributed by atoms with E-state index in [9.17, 15) is 14.3 Å². The smallest absolute Gasteiger partial charge is 0.254 e. The average Bonchev–Trinajstić information content (AvgIpc) is 3.24. The molecule has 2 aromatic rings. The minimum atomic E-state index is -0.899. The van der Waals surface area contributed by atoms with E-state index in [0.717, 1.165) is 17.7 Å². The topological polar surface area (TPSA) is 87.2 Å². The molecule has 1 aromatic carbocycles. The third-order valence-electron chi connectivity index (χ3n) is 5.26. The van der Waals surface area contributed by atoms with E-state index in [1.807, 2.05) is 0 Å². The second-order valence-corrected chi connectivity index (χ2v) is 7.37. The first-order chi connectivity index (χ1) is 12.5. The maximum absolute atomic E-state index is 13.3. The van der Waals surface area contributed by atoms with Crippen LogP contribution in [0.1, 0.15) is 46.8 Å². The molecule has 0 spiro atoms. The molecule has 1 saturated carbocycles. The van der Waals surface area contributed by atoms with Gasteiger partial charge >= 0.3 is 0 Å². The van der Waals surface area contributed by atoms with Crippen LogP contribution in [-0.2, 0) is 11.2 Å². The van der Waals surface area contributed by atoms with Gasteiger partial charge in [-0.1, -0.05) is 12.1 Å². The molecule has 1 atom stereocenters. The van der Waals surface area contributed by atoms with Crippen molar-refractivity contribution < 1.29 is 19.0 Å². The number of benzene rings is 1. The number of halogens is 1. The van der Waals surface area contributed by atoms with Gasteiger partial charge in [0.15, 0.2) is 0 Å². The van der Waals surface area contributed by atoms with E-state index < -0.39 is 5.60 Å². The zero-order valence-electron chi connectivity index (χ0n) is 14.4. The Kier molecular flexibility index (Phi) is 4.50. The van der Waals surface area contributed by atoms with Crippen molar-refractivity contribution in [3.8, 4) is 0 Å². The van der Waals surface area contributed by atoms with Gasteiger partial charge in [-0.15, -0.1) is 0 Å². The number of nitrogens with zero attached hydrogens (tertiary/aromatic N) is 1. The quantitative estimate of drug-likeness (QED) is 0.761. The van der Waals surface area contributed by atoms with Gasteiger partial charge in [0.25, 0.3) is 5.91 Å². The Hall–Kier alpha value is -2.25. The van der Waals surface area contributed by atoms with Crippen LogP contribution in [-0.4, -0.2) is 46.1 Å².